The number of carbonyl (C=O) groups excluding carboxylic acids is 1. The van der Waals surface area contributed by atoms with Crippen LogP contribution in [0, 0.1) is 0 Å². The number of benzene rings is 2. The van der Waals surface area contributed by atoms with Gasteiger partial charge in [0.1, 0.15) is 0 Å². The molecule has 0 aromatic heterocycles. The summed E-state index contributed by atoms with van der Waals surface area (Å²) in [6.45, 7) is 0. The van der Waals surface area contributed by atoms with Crippen molar-refractivity contribution in [1.29, 1.82) is 0 Å². The molecule has 22 heavy (non-hydrogen) atoms. The molecule has 6 heteroatoms. The second-order valence-electron chi connectivity index (χ2n) is 4.64. The van der Waals surface area contributed by atoms with E-state index in [9.17, 15) is 9.90 Å². The topological polar surface area (TPSA) is 55.8 Å². The maximum atomic E-state index is 12.3. The number of fused-ring (bicyclic) bond motifs is 1. The quantitative estimate of drug-likeness (QED) is 0.829. The minimum Gasteiger partial charge on any atom is -0.504 e. The lowest BCUT2D eigenvalue weighted by molar-refractivity contribution is 0.101. The molecule has 0 amide bonds. The summed E-state index contributed by atoms with van der Waals surface area (Å²) in [6, 6.07) is 7.78. The van der Waals surface area contributed by atoms with E-state index >= 15 is 0 Å². The predicted molar refractivity (Wildman–Crippen MR) is 84.1 cm³/mol. The molecule has 1 aliphatic heterocycles. The van der Waals surface area contributed by atoms with Crippen molar-refractivity contribution in [2.24, 2.45) is 0 Å². The highest BCUT2D eigenvalue weighted by molar-refractivity contribution is 6.37. The zero-order chi connectivity index (χ0) is 15.9. The van der Waals surface area contributed by atoms with E-state index in [1.54, 1.807) is 12.1 Å². The van der Waals surface area contributed by atoms with E-state index < -0.39 is 0 Å². The van der Waals surface area contributed by atoms with Crippen LogP contribution in [0.5, 0.6) is 17.2 Å². The number of halogens is 2. The number of phenols is 1. The lowest BCUT2D eigenvalue weighted by atomic mass is 10.1. The van der Waals surface area contributed by atoms with Gasteiger partial charge in [0.25, 0.3) is 0 Å². The molecule has 0 atom stereocenters. The van der Waals surface area contributed by atoms with Crippen molar-refractivity contribution in [3.8, 4) is 17.2 Å². The third-order valence-electron chi connectivity index (χ3n) is 3.19. The van der Waals surface area contributed by atoms with Crippen molar-refractivity contribution in [2.75, 3.05) is 7.11 Å². The van der Waals surface area contributed by atoms with E-state index in [4.69, 9.17) is 32.7 Å². The van der Waals surface area contributed by atoms with Gasteiger partial charge in [0, 0.05) is 5.02 Å². The van der Waals surface area contributed by atoms with Gasteiger partial charge in [-0.1, -0.05) is 29.3 Å². The lowest BCUT2D eigenvalue weighted by Gasteiger charge is -2.04. The van der Waals surface area contributed by atoms with Gasteiger partial charge in [-0.2, -0.15) is 0 Å². The van der Waals surface area contributed by atoms with Crippen molar-refractivity contribution in [3.05, 3.63) is 57.3 Å². The third kappa shape index (κ3) is 2.51. The van der Waals surface area contributed by atoms with Crippen molar-refractivity contribution in [3.63, 3.8) is 0 Å². The Morgan fingerprint density at radius 2 is 2.00 bits per heavy atom. The summed E-state index contributed by atoms with van der Waals surface area (Å²) < 4.78 is 10.5. The minimum atomic E-state index is -0.310. The molecule has 2 aromatic rings. The molecular weight excluding hydrogens is 327 g/mol. The van der Waals surface area contributed by atoms with Crippen LogP contribution in [0.4, 0.5) is 0 Å². The Kier molecular flexibility index (Phi) is 3.72. The number of hydrogen-bond acceptors (Lipinski definition) is 4. The first-order chi connectivity index (χ1) is 10.5. The van der Waals surface area contributed by atoms with Gasteiger partial charge < -0.3 is 14.6 Å². The molecule has 1 heterocycles. The number of allylic oxidation sites excluding steroid dienone is 1. The highest BCUT2D eigenvalue weighted by Gasteiger charge is 2.30. The molecule has 0 radical (unpaired) electrons. The van der Waals surface area contributed by atoms with Crippen LogP contribution >= 0.6 is 23.2 Å². The standard InChI is InChI=1S/C16H10Cl2O4/c1-21-13-3-2-8(4-12(13)19)5-14-15(20)10-6-9(17)7-11(18)16(10)22-14/h2-7,19H,1H3. The van der Waals surface area contributed by atoms with Gasteiger partial charge >= 0.3 is 0 Å². The monoisotopic (exact) mass is 336 g/mol. The predicted octanol–water partition coefficient (Wildman–Crippen LogP) is 4.32. The number of rotatable bonds is 2. The zero-order valence-electron chi connectivity index (χ0n) is 11.4. The smallest absolute Gasteiger partial charge is 0.232 e. The van der Waals surface area contributed by atoms with Crippen LogP contribution in [0.3, 0.4) is 0 Å². The van der Waals surface area contributed by atoms with Crippen LogP contribution < -0.4 is 9.47 Å². The van der Waals surface area contributed by atoms with E-state index in [1.165, 1.54) is 31.4 Å². The van der Waals surface area contributed by atoms with Crippen molar-refractivity contribution in [1.82, 2.24) is 0 Å². The van der Waals surface area contributed by atoms with Crippen LogP contribution in [0.2, 0.25) is 10.0 Å². The van der Waals surface area contributed by atoms with E-state index in [2.05, 4.69) is 0 Å². The Morgan fingerprint density at radius 1 is 1.23 bits per heavy atom. The average Bonchev–Trinajstić information content (AvgIpc) is 2.77. The van der Waals surface area contributed by atoms with Gasteiger partial charge in [0.2, 0.25) is 5.78 Å². The fourth-order valence-corrected chi connectivity index (χ4v) is 2.70. The summed E-state index contributed by atoms with van der Waals surface area (Å²) in [7, 11) is 1.46. The molecule has 0 unspecified atom stereocenters. The second kappa shape index (κ2) is 5.55. The highest BCUT2D eigenvalue weighted by atomic mass is 35.5. The fourth-order valence-electron chi connectivity index (χ4n) is 2.16. The van der Waals surface area contributed by atoms with Gasteiger partial charge in [-0.05, 0) is 35.9 Å². The molecule has 0 spiro atoms. The van der Waals surface area contributed by atoms with Gasteiger partial charge in [0.05, 0.1) is 17.7 Å². The summed E-state index contributed by atoms with van der Waals surface area (Å²) in [4.78, 5) is 12.3. The van der Waals surface area contributed by atoms with E-state index in [1.807, 2.05) is 0 Å². The number of phenolic OH excluding ortho intramolecular Hbond substituents is 1. The van der Waals surface area contributed by atoms with Gasteiger partial charge in [-0.3, -0.25) is 4.79 Å². The first kappa shape index (κ1) is 14.8. The molecule has 0 bridgehead atoms. The molecule has 0 saturated carbocycles. The number of carbonyl (C=O) groups is 1. The fraction of sp³-hybridized carbons (Fsp3) is 0.0625. The van der Waals surface area contributed by atoms with Gasteiger partial charge in [0.15, 0.2) is 23.0 Å². The molecule has 1 aliphatic rings. The molecule has 1 N–H and O–H groups in total. The summed E-state index contributed by atoms with van der Waals surface area (Å²) >= 11 is 11.9. The van der Waals surface area contributed by atoms with Crippen LogP contribution in [-0.2, 0) is 0 Å². The zero-order valence-corrected chi connectivity index (χ0v) is 12.9. The van der Waals surface area contributed by atoms with Crippen LogP contribution in [0.1, 0.15) is 15.9 Å². The molecule has 112 valence electrons. The van der Waals surface area contributed by atoms with Crippen LogP contribution in [-0.4, -0.2) is 18.0 Å². The Balaban J connectivity index is 1.99. The van der Waals surface area contributed by atoms with Crippen LogP contribution in [0.25, 0.3) is 6.08 Å². The summed E-state index contributed by atoms with van der Waals surface area (Å²) in [5.41, 5.74) is 0.915. The number of ether oxygens (including phenoxy) is 2. The Bertz CT molecular complexity index is 812. The van der Waals surface area contributed by atoms with E-state index in [-0.39, 0.29) is 22.3 Å². The number of aromatic hydroxyl groups is 1. The third-order valence-corrected chi connectivity index (χ3v) is 3.69. The van der Waals surface area contributed by atoms with E-state index in [0.717, 1.165) is 0 Å². The normalized spacial score (nSPS) is 14.9. The summed E-state index contributed by atoms with van der Waals surface area (Å²) in [5, 5.41) is 10.4. The highest BCUT2D eigenvalue weighted by Crippen LogP contribution is 2.40. The molecule has 0 saturated heterocycles. The molecule has 4 nitrogen and oxygen atoms in total. The lowest BCUT2D eigenvalue weighted by Crippen LogP contribution is -1.98. The van der Waals surface area contributed by atoms with Crippen molar-refractivity contribution < 1.29 is 19.4 Å². The van der Waals surface area contributed by atoms with Gasteiger partial charge in [-0.25, -0.2) is 0 Å². The van der Waals surface area contributed by atoms with Crippen LogP contribution in [0.15, 0.2) is 36.1 Å². The molecule has 0 aliphatic carbocycles. The first-order valence-electron chi connectivity index (χ1n) is 6.30. The SMILES string of the molecule is COc1ccc(C=C2Oc3c(Cl)cc(Cl)cc3C2=O)cc1O. The maximum absolute atomic E-state index is 12.3. The Labute approximate surface area is 136 Å². The average molecular weight is 337 g/mol. The Morgan fingerprint density at radius 3 is 2.68 bits per heavy atom. The molecular formula is C16H10Cl2O4. The van der Waals surface area contributed by atoms with E-state index in [0.29, 0.717) is 27.6 Å². The first-order valence-corrected chi connectivity index (χ1v) is 7.05. The molecule has 0 fully saturated rings. The summed E-state index contributed by atoms with van der Waals surface area (Å²) in [6.07, 6.45) is 1.52. The maximum Gasteiger partial charge on any atom is 0.232 e. The van der Waals surface area contributed by atoms with Gasteiger partial charge in [-0.15, -0.1) is 0 Å². The second-order valence-corrected chi connectivity index (χ2v) is 5.48. The number of hydrogen-bond donors (Lipinski definition) is 1. The Hall–Kier alpha value is -2.17. The van der Waals surface area contributed by atoms with Crippen molar-refractivity contribution >= 4 is 35.1 Å². The molecule has 2 aromatic carbocycles. The number of Topliss-reactive ketones (excluding diaryl/α,β-unsaturated/α-hetero) is 1. The largest absolute Gasteiger partial charge is 0.504 e. The summed E-state index contributed by atoms with van der Waals surface area (Å²) in [5.74, 6) is 0.415. The molecule has 3 rings (SSSR count). The van der Waals surface area contributed by atoms with Crippen molar-refractivity contribution in [2.45, 2.75) is 0 Å². The number of methoxy groups -OCH3 is 1. The minimum absolute atomic E-state index is 0.0270. The number of ketones is 1.